The van der Waals surface area contributed by atoms with Crippen LogP contribution in [0.1, 0.15) is 76.2 Å². The van der Waals surface area contributed by atoms with E-state index < -0.39 is 0 Å². The summed E-state index contributed by atoms with van der Waals surface area (Å²) in [5, 5.41) is 2.23. The summed E-state index contributed by atoms with van der Waals surface area (Å²) in [4.78, 5) is 0. The largest absolute Gasteiger partial charge is 0.205 e. The smallest absolute Gasteiger partial charge is 0.142 e. The van der Waals surface area contributed by atoms with Crippen LogP contribution >= 0.6 is 11.6 Å². The van der Waals surface area contributed by atoms with Crippen LogP contribution in [0, 0.1) is 23.6 Å². The van der Waals surface area contributed by atoms with Gasteiger partial charge in [0.15, 0.2) is 0 Å². The molecule has 2 aliphatic carbocycles. The van der Waals surface area contributed by atoms with Gasteiger partial charge in [-0.25, -0.2) is 4.39 Å². The minimum Gasteiger partial charge on any atom is -0.205 e. The number of benzene rings is 2. The van der Waals surface area contributed by atoms with E-state index in [0.717, 1.165) is 28.5 Å². The molecule has 0 heterocycles. The third kappa shape index (κ3) is 3.79. The maximum absolute atomic E-state index is 13.8. The quantitative estimate of drug-likeness (QED) is 0.508. The summed E-state index contributed by atoms with van der Waals surface area (Å²) in [7, 11) is 0. The molecule has 0 nitrogen and oxygen atoms in total. The molecule has 140 valence electrons. The lowest BCUT2D eigenvalue weighted by atomic mass is 9.63. The Morgan fingerprint density at radius 2 is 1.77 bits per heavy atom. The second kappa shape index (κ2) is 7.89. The third-order valence-electron chi connectivity index (χ3n) is 7.06. The number of fused-ring (bicyclic) bond motifs is 2. The number of unbranched alkanes of at least 4 members (excludes halogenated alkanes) is 1. The molecule has 0 aliphatic heterocycles. The minimum atomic E-state index is -0.314. The second-order valence-electron chi connectivity index (χ2n) is 8.72. The first-order valence-corrected chi connectivity index (χ1v) is 10.9. The van der Waals surface area contributed by atoms with Gasteiger partial charge in [0, 0.05) is 0 Å². The van der Waals surface area contributed by atoms with Gasteiger partial charge in [0.1, 0.15) is 5.82 Å². The van der Waals surface area contributed by atoms with Crippen molar-refractivity contribution in [1.29, 1.82) is 0 Å². The maximum atomic E-state index is 13.8. The fourth-order valence-corrected chi connectivity index (χ4v) is 5.73. The van der Waals surface area contributed by atoms with E-state index in [4.69, 9.17) is 11.6 Å². The Labute approximate surface area is 162 Å². The van der Waals surface area contributed by atoms with Gasteiger partial charge in [-0.05, 0) is 84.2 Å². The van der Waals surface area contributed by atoms with Crippen molar-refractivity contribution in [2.75, 3.05) is 0 Å². The molecular weight excluding hydrogens is 343 g/mol. The van der Waals surface area contributed by atoms with Crippen molar-refractivity contribution in [1.82, 2.24) is 0 Å². The molecule has 0 N–H and O–H groups in total. The Morgan fingerprint density at radius 3 is 2.62 bits per heavy atom. The maximum Gasteiger partial charge on any atom is 0.142 e. The summed E-state index contributed by atoms with van der Waals surface area (Å²) >= 11 is 5.92. The Kier molecular flexibility index (Phi) is 5.55. The number of hydrogen-bond donors (Lipinski definition) is 0. The fraction of sp³-hybridized carbons (Fsp3) is 0.583. The molecule has 0 amide bonds. The highest BCUT2D eigenvalue weighted by atomic mass is 35.5. The lowest BCUT2D eigenvalue weighted by Gasteiger charge is -2.42. The van der Waals surface area contributed by atoms with Crippen molar-refractivity contribution in [2.24, 2.45) is 17.8 Å². The molecule has 2 saturated carbocycles. The van der Waals surface area contributed by atoms with Gasteiger partial charge in [-0.3, -0.25) is 0 Å². The highest BCUT2D eigenvalue weighted by Crippen LogP contribution is 2.48. The van der Waals surface area contributed by atoms with Crippen molar-refractivity contribution in [2.45, 2.75) is 70.6 Å². The normalized spacial score (nSPS) is 28.9. The first kappa shape index (κ1) is 18.3. The van der Waals surface area contributed by atoms with Crippen LogP contribution in [0.5, 0.6) is 0 Å². The Bertz CT molecular complexity index is 768. The molecule has 2 aliphatic rings. The van der Waals surface area contributed by atoms with E-state index >= 15 is 0 Å². The fourth-order valence-electron chi connectivity index (χ4n) is 5.56. The number of rotatable bonds is 4. The van der Waals surface area contributed by atoms with Gasteiger partial charge in [-0.15, -0.1) is 0 Å². The SMILES string of the molecule is CCCCC1CCC2CC(c3ccc4cc(Cl)c(F)cc4c3)CCC2C1. The Hall–Kier alpha value is -1.08. The first-order valence-electron chi connectivity index (χ1n) is 10.5. The predicted molar refractivity (Wildman–Crippen MR) is 109 cm³/mol. The van der Waals surface area contributed by atoms with Crippen molar-refractivity contribution in [3.05, 3.63) is 46.7 Å². The lowest BCUT2D eigenvalue weighted by molar-refractivity contribution is 0.113. The van der Waals surface area contributed by atoms with Gasteiger partial charge in [0.2, 0.25) is 0 Å². The monoisotopic (exact) mass is 372 g/mol. The average Bonchev–Trinajstić information content (AvgIpc) is 2.66. The Morgan fingerprint density at radius 1 is 0.962 bits per heavy atom. The molecule has 4 rings (SSSR count). The van der Waals surface area contributed by atoms with Crippen LogP contribution in [0.3, 0.4) is 0 Å². The zero-order valence-corrected chi connectivity index (χ0v) is 16.6. The molecule has 4 unspecified atom stereocenters. The third-order valence-corrected chi connectivity index (χ3v) is 7.35. The number of hydrogen-bond acceptors (Lipinski definition) is 0. The molecule has 0 radical (unpaired) electrons. The molecule has 0 saturated heterocycles. The summed E-state index contributed by atoms with van der Waals surface area (Å²) in [5.41, 5.74) is 1.39. The molecule has 0 bridgehead atoms. The molecule has 0 spiro atoms. The van der Waals surface area contributed by atoms with E-state index in [-0.39, 0.29) is 10.8 Å². The molecule has 4 atom stereocenters. The first-order chi connectivity index (χ1) is 12.6. The van der Waals surface area contributed by atoms with Gasteiger partial charge >= 0.3 is 0 Å². The molecule has 26 heavy (non-hydrogen) atoms. The summed E-state index contributed by atoms with van der Waals surface area (Å²) in [5.74, 6) is 3.18. The van der Waals surface area contributed by atoms with Crippen LogP contribution in [-0.4, -0.2) is 0 Å². The van der Waals surface area contributed by atoms with Gasteiger partial charge in [-0.2, -0.15) is 0 Å². The van der Waals surface area contributed by atoms with Crippen LogP contribution < -0.4 is 0 Å². The summed E-state index contributed by atoms with van der Waals surface area (Å²) in [6, 6.07) is 9.89. The van der Waals surface area contributed by atoms with Crippen LogP contribution in [0.4, 0.5) is 4.39 Å². The van der Waals surface area contributed by atoms with Crippen molar-refractivity contribution in [3.63, 3.8) is 0 Å². The van der Waals surface area contributed by atoms with Gasteiger partial charge in [-0.1, -0.05) is 62.4 Å². The molecular formula is C24H30ClF. The van der Waals surface area contributed by atoms with E-state index in [9.17, 15) is 4.39 Å². The summed E-state index contributed by atoms with van der Waals surface area (Å²) in [6.45, 7) is 2.31. The zero-order valence-electron chi connectivity index (χ0n) is 15.8. The van der Waals surface area contributed by atoms with Crippen molar-refractivity contribution >= 4 is 22.4 Å². The molecule has 0 aromatic heterocycles. The highest BCUT2D eigenvalue weighted by Gasteiger charge is 2.35. The van der Waals surface area contributed by atoms with E-state index in [1.807, 2.05) is 0 Å². The van der Waals surface area contributed by atoms with Gasteiger partial charge in [0.25, 0.3) is 0 Å². The average molecular weight is 373 g/mol. The lowest BCUT2D eigenvalue weighted by Crippen LogP contribution is -2.30. The zero-order chi connectivity index (χ0) is 18.1. The predicted octanol–water partition coefficient (Wildman–Crippen LogP) is 8.12. The van der Waals surface area contributed by atoms with Crippen molar-refractivity contribution < 1.29 is 4.39 Å². The summed E-state index contributed by atoms with van der Waals surface area (Å²) < 4.78 is 13.8. The molecule has 2 aromatic carbocycles. The van der Waals surface area contributed by atoms with Crippen LogP contribution in [0.2, 0.25) is 5.02 Å². The minimum absolute atomic E-state index is 0.214. The van der Waals surface area contributed by atoms with E-state index in [0.29, 0.717) is 5.92 Å². The molecule has 2 fully saturated rings. The van der Waals surface area contributed by atoms with E-state index in [1.54, 1.807) is 12.1 Å². The number of halogens is 2. The van der Waals surface area contributed by atoms with Crippen LogP contribution in [-0.2, 0) is 0 Å². The van der Waals surface area contributed by atoms with Crippen LogP contribution in [0.15, 0.2) is 30.3 Å². The highest BCUT2D eigenvalue weighted by molar-refractivity contribution is 6.31. The molecule has 2 aromatic rings. The Balaban J connectivity index is 1.46. The van der Waals surface area contributed by atoms with Crippen molar-refractivity contribution in [3.8, 4) is 0 Å². The standard InChI is InChI=1S/C24H30ClF/c1-2-3-4-16-5-6-18-12-19(8-7-17(18)11-16)20-9-10-21-14-23(25)24(26)15-22(21)13-20/h9-10,13-19H,2-8,11-12H2,1H3. The summed E-state index contributed by atoms with van der Waals surface area (Å²) in [6.07, 6.45) is 12.5. The van der Waals surface area contributed by atoms with E-state index in [2.05, 4.69) is 25.1 Å². The second-order valence-corrected chi connectivity index (χ2v) is 9.13. The topological polar surface area (TPSA) is 0 Å². The molecule has 2 heteroatoms. The van der Waals surface area contributed by atoms with Gasteiger partial charge in [0.05, 0.1) is 5.02 Å². The van der Waals surface area contributed by atoms with Gasteiger partial charge < -0.3 is 0 Å². The van der Waals surface area contributed by atoms with Crippen LogP contribution in [0.25, 0.3) is 10.8 Å². The van der Waals surface area contributed by atoms with E-state index in [1.165, 1.54) is 63.4 Å².